The van der Waals surface area contributed by atoms with Crippen LogP contribution in [0.5, 0.6) is 0 Å². The van der Waals surface area contributed by atoms with Gasteiger partial charge in [0.05, 0.1) is 30.6 Å². The summed E-state index contributed by atoms with van der Waals surface area (Å²) in [5, 5.41) is 9.26. The van der Waals surface area contributed by atoms with E-state index in [4.69, 9.17) is 19.3 Å². The molecule has 12 nitrogen and oxygen atoms in total. The van der Waals surface area contributed by atoms with Crippen molar-refractivity contribution in [2.24, 2.45) is 0 Å². The Labute approximate surface area is 274 Å². The highest BCUT2D eigenvalue weighted by atomic mass is 16.8. The summed E-state index contributed by atoms with van der Waals surface area (Å²) in [5.74, 6) is 0.607. The summed E-state index contributed by atoms with van der Waals surface area (Å²) in [4.78, 5) is 29.4. The molecule has 3 aromatic heterocycles. The summed E-state index contributed by atoms with van der Waals surface area (Å²) < 4.78 is 15.0. The zero-order chi connectivity index (χ0) is 31.8. The first kappa shape index (κ1) is 31.1. The number of nitrogens with zero attached hydrogens (tertiary/aromatic N) is 6. The smallest absolute Gasteiger partial charge is 0.243 e. The van der Waals surface area contributed by atoms with Crippen LogP contribution in [-0.4, -0.2) is 69.3 Å². The maximum atomic E-state index is 12.1. The second-order valence-electron chi connectivity index (χ2n) is 12.1. The molecule has 2 aliphatic rings. The van der Waals surface area contributed by atoms with Gasteiger partial charge in [0.15, 0.2) is 17.8 Å². The van der Waals surface area contributed by atoms with Gasteiger partial charge < -0.3 is 24.1 Å². The number of carbonyl (C=O) groups is 1. The molecule has 2 aromatic carbocycles. The van der Waals surface area contributed by atoms with Gasteiger partial charge in [-0.25, -0.2) is 20.3 Å². The zero-order valence-electron chi connectivity index (χ0n) is 26.6. The number of ether oxygens (including phenoxy) is 2. The van der Waals surface area contributed by atoms with E-state index < -0.39 is 0 Å². The van der Waals surface area contributed by atoms with Gasteiger partial charge in [-0.2, -0.15) is 5.10 Å². The quantitative estimate of drug-likeness (QED) is 0.121. The average molecular weight is 639 g/mol. The van der Waals surface area contributed by atoms with Gasteiger partial charge >= 0.3 is 0 Å². The van der Waals surface area contributed by atoms with Crippen LogP contribution in [0, 0.1) is 0 Å². The van der Waals surface area contributed by atoms with E-state index in [1.54, 1.807) is 6.20 Å². The Bertz CT molecular complexity index is 1770. The van der Waals surface area contributed by atoms with Gasteiger partial charge in [-0.15, -0.1) is 0 Å². The van der Waals surface area contributed by atoms with Crippen molar-refractivity contribution in [2.45, 2.75) is 64.2 Å². The molecule has 1 amide bonds. The summed E-state index contributed by atoms with van der Waals surface area (Å²) in [6.07, 6.45) is 14.5. The molecule has 5 aromatic rings. The number of anilines is 3. The van der Waals surface area contributed by atoms with Crippen molar-refractivity contribution in [3.05, 3.63) is 67.3 Å². The summed E-state index contributed by atoms with van der Waals surface area (Å²) in [6.45, 7) is 4.83. The summed E-state index contributed by atoms with van der Waals surface area (Å²) in [7, 11) is 0. The van der Waals surface area contributed by atoms with Gasteiger partial charge in [-0.1, -0.05) is 25.0 Å². The van der Waals surface area contributed by atoms with Gasteiger partial charge in [0.1, 0.15) is 0 Å². The number of fused-ring (bicyclic) bond motifs is 2. The van der Waals surface area contributed by atoms with Gasteiger partial charge in [0, 0.05) is 80.0 Å². The Balaban J connectivity index is 0.962. The Kier molecular flexibility index (Phi) is 9.88. The Morgan fingerprint density at radius 3 is 2.72 bits per heavy atom. The Morgan fingerprint density at radius 2 is 1.87 bits per heavy atom. The first-order valence-corrected chi connectivity index (χ1v) is 16.8. The molecule has 0 saturated carbocycles. The van der Waals surface area contributed by atoms with Crippen LogP contribution in [0.25, 0.3) is 27.8 Å². The topological polar surface area (TPSA) is 120 Å². The predicted octanol–water partition coefficient (Wildman–Crippen LogP) is 5.85. The maximum Gasteiger partial charge on any atom is 0.243 e. The molecule has 0 bridgehead atoms. The van der Waals surface area contributed by atoms with Crippen LogP contribution in [0.3, 0.4) is 0 Å². The molecule has 2 aliphatic heterocycles. The molecule has 2 N–H and O–H groups in total. The number of nitrogens with one attached hydrogen (secondary N) is 2. The van der Waals surface area contributed by atoms with E-state index in [2.05, 4.69) is 72.9 Å². The third-order valence-corrected chi connectivity index (χ3v) is 8.79. The zero-order valence-corrected chi connectivity index (χ0v) is 26.6. The Morgan fingerprint density at radius 1 is 1.00 bits per heavy atom. The number of amides is 1. The maximum absolute atomic E-state index is 12.1. The lowest BCUT2D eigenvalue weighted by Gasteiger charge is -2.28. The number of aromatic nitrogens is 5. The molecule has 1 unspecified atom stereocenters. The second kappa shape index (κ2) is 14.9. The van der Waals surface area contributed by atoms with Crippen molar-refractivity contribution < 1.29 is 19.1 Å². The fourth-order valence-corrected chi connectivity index (χ4v) is 6.16. The number of morpholine rings is 1. The number of hydrogen-bond donors (Lipinski definition) is 2. The molecule has 5 heterocycles. The van der Waals surface area contributed by atoms with Crippen LogP contribution < -0.4 is 15.7 Å². The average Bonchev–Trinajstić information content (AvgIpc) is 3.77. The van der Waals surface area contributed by atoms with Crippen LogP contribution in [0.15, 0.2) is 67.3 Å². The van der Waals surface area contributed by atoms with Crippen molar-refractivity contribution in [2.75, 3.05) is 43.1 Å². The normalized spacial score (nSPS) is 16.9. The lowest BCUT2D eigenvalue weighted by molar-refractivity contribution is -0.200. The first-order valence-electron chi connectivity index (χ1n) is 16.8. The number of benzene rings is 2. The molecule has 2 saturated heterocycles. The molecule has 1 atom stereocenters. The van der Waals surface area contributed by atoms with Crippen molar-refractivity contribution >= 4 is 39.6 Å². The van der Waals surface area contributed by atoms with E-state index in [0.717, 1.165) is 111 Å². The lowest BCUT2D eigenvalue weighted by Crippen LogP contribution is -2.36. The predicted molar refractivity (Wildman–Crippen MR) is 180 cm³/mol. The number of rotatable bonds is 13. The van der Waals surface area contributed by atoms with Crippen LogP contribution in [0.4, 0.5) is 17.2 Å². The first-order chi connectivity index (χ1) is 23.2. The van der Waals surface area contributed by atoms with Crippen LogP contribution in [0.1, 0.15) is 51.4 Å². The van der Waals surface area contributed by atoms with Crippen molar-refractivity contribution in [3.8, 4) is 11.3 Å². The minimum atomic E-state index is -0.315. The number of hydroxylamine groups is 1. The van der Waals surface area contributed by atoms with Crippen LogP contribution in [-0.2, 0) is 25.7 Å². The summed E-state index contributed by atoms with van der Waals surface area (Å²) in [5.41, 5.74) is 8.37. The number of carbonyl (C=O) groups excluding carboxylic acids is 1. The number of aryl methyl sites for hydroxylation is 1. The van der Waals surface area contributed by atoms with Gasteiger partial charge in [-0.3, -0.25) is 9.48 Å². The van der Waals surface area contributed by atoms with E-state index in [-0.39, 0.29) is 12.2 Å². The van der Waals surface area contributed by atoms with E-state index in [0.29, 0.717) is 18.8 Å². The van der Waals surface area contributed by atoms with E-state index >= 15 is 0 Å². The third-order valence-electron chi connectivity index (χ3n) is 8.79. The molecular weight excluding hydrogens is 596 g/mol. The minimum absolute atomic E-state index is 0.0905. The molecule has 12 heteroatoms. The fraction of sp³-hybridized carbons (Fsp3) is 0.429. The molecule has 246 valence electrons. The molecule has 0 aliphatic carbocycles. The second-order valence-corrected chi connectivity index (χ2v) is 12.1. The van der Waals surface area contributed by atoms with E-state index in [1.165, 1.54) is 5.69 Å². The molecule has 0 spiro atoms. The number of hydrogen-bond acceptors (Lipinski definition) is 9. The molecule has 2 fully saturated rings. The molecule has 0 radical (unpaired) electrons. The third kappa shape index (κ3) is 7.73. The number of unbranched alkanes of at least 4 members (excludes halogenated alkanes) is 3. The fourth-order valence-electron chi connectivity index (χ4n) is 6.16. The lowest BCUT2D eigenvalue weighted by atomic mass is 10.1. The van der Waals surface area contributed by atoms with E-state index in [9.17, 15) is 4.79 Å². The number of imidazole rings is 1. The summed E-state index contributed by atoms with van der Waals surface area (Å²) in [6, 6.07) is 14.8. The van der Waals surface area contributed by atoms with Gasteiger partial charge in [0.25, 0.3) is 0 Å². The monoisotopic (exact) mass is 638 g/mol. The van der Waals surface area contributed by atoms with Crippen LogP contribution >= 0.6 is 0 Å². The highest BCUT2D eigenvalue weighted by Gasteiger charge is 2.16. The summed E-state index contributed by atoms with van der Waals surface area (Å²) >= 11 is 0. The molecule has 47 heavy (non-hydrogen) atoms. The highest BCUT2D eigenvalue weighted by Crippen LogP contribution is 2.28. The Hall–Kier alpha value is -4.52. The SMILES string of the molecule is O=C(CCCCCCn1ncc2ccc(-c3cn4ccnc4c(Nc4ccc(N5CCOCC5)cc4)n3)cc21)NOC1CCCCO1. The highest BCUT2D eigenvalue weighted by molar-refractivity contribution is 5.84. The van der Waals surface area contributed by atoms with Crippen molar-refractivity contribution in [1.29, 1.82) is 0 Å². The van der Waals surface area contributed by atoms with Gasteiger partial charge in [0.2, 0.25) is 5.91 Å². The van der Waals surface area contributed by atoms with Crippen LogP contribution in [0.2, 0.25) is 0 Å². The molecule has 7 rings (SSSR count). The van der Waals surface area contributed by atoms with Gasteiger partial charge in [-0.05, 0) is 56.0 Å². The van der Waals surface area contributed by atoms with Crippen molar-refractivity contribution in [1.82, 2.24) is 29.6 Å². The molecular formula is C35H42N8O4. The standard InChI is InChI=1S/C35H42N8O4/c44-32(40-47-33-8-4-6-20-46-33)7-3-1-2-5-16-43-31-23-26(9-10-27(31)24-37-43)30-25-42-17-15-36-35(42)34(39-30)38-28-11-13-29(14-12-28)41-18-21-45-22-19-41/h9-15,17,23-25,33H,1-8,16,18-22H2,(H,38,39)(H,40,44). The van der Waals surface area contributed by atoms with E-state index in [1.807, 2.05) is 23.0 Å². The van der Waals surface area contributed by atoms with Crippen molar-refractivity contribution in [3.63, 3.8) is 0 Å². The minimum Gasteiger partial charge on any atom is -0.378 e. The largest absolute Gasteiger partial charge is 0.378 e.